The number of allylic oxidation sites excluding steroid dienone is 1. The quantitative estimate of drug-likeness (QED) is 0.346. The molecule has 0 saturated carbocycles. The van der Waals surface area contributed by atoms with Crippen LogP contribution >= 0.6 is 0 Å². The highest BCUT2D eigenvalue weighted by atomic mass is 14.8. The van der Waals surface area contributed by atoms with Gasteiger partial charge in [-0.3, -0.25) is 0 Å². The number of nitrogens with zero attached hydrogens (tertiary/aromatic N) is 2. The largest absolute Gasteiger partial charge is 0.362 e. The van der Waals surface area contributed by atoms with Crippen molar-refractivity contribution in [1.82, 2.24) is 0 Å². The number of rotatable bonds is 2. The van der Waals surface area contributed by atoms with E-state index < -0.39 is 0 Å². The first-order chi connectivity index (χ1) is 5.43. The topological polar surface area (TPSA) is 36.4 Å². The van der Waals surface area contributed by atoms with Gasteiger partial charge >= 0.3 is 0 Å². The van der Waals surface area contributed by atoms with Crippen molar-refractivity contribution >= 4 is 12.3 Å². The van der Waals surface area contributed by atoms with Crippen LogP contribution in [-0.2, 0) is 0 Å². The van der Waals surface area contributed by atoms with Gasteiger partial charge in [0.1, 0.15) is 0 Å². The van der Waals surface area contributed by atoms with Gasteiger partial charge in [0.15, 0.2) is 0 Å². The molecule has 1 aromatic rings. The third kappa shape index (κ3) is 2.61. The smallest absolute Gasteiger partial charge is 0.280 e. The minimum atomic E-state index is 1.09. The molecule has 1 rings (SSSR count). The van der Waals surface area contributed by atoms with Gasteiger partial charge in [-0.25, -0.2) is 0 Å². The monoisotopic (exact) mass is 144 g/mol. The van der Waals surface area contributed by atoms with E-state index >= 15 is 0 Å². The summed E-state index contributed by atoms with van der Waals surface area (Å²) in [5.74, 6) is 0. The molecule has 0 fully saturated rings. The second-order valence-electron chi connectivity index (χ2n) is 2.03. The SMILES string of the molecule is [N-]=[N+]=C/C=C/c1ccccc1. The second-order valence-corrected chi connectivity index (χ2v) is 2.03. The fourth-order valence-corrected chi connectivity index (χ4v) is 0.757. The molecular formula is C9H8N2. The Kier molecular flexibility index (Phi) is 2.85. The summed E-state index contributed by atoms with van der Waals surface area (Å²) in [6, 6.07) is 9.81. The Morgan fingerprint density at radius 1 is 1.18 bits per heavy atom. The summed E-state index contributed by atoms with van der Waals surface area (Å²) in [5, 5.41) is 0. The van der Waals surface area contributed by atoms with Crippen molar-refractivity contribution in [3.63, 3.8) is 0 Å². The lowest BCUT2D eigenvalue weighted by Gasteiger charge is -1.86. The highest BCUT2D eigenvalue weighted by Gasteiger charge is 1.80. The summed E-state index contributed by atoms with van der Waals surface area (Å²) in [6.07, 6.45) is 4.86. The average molecular weight is 144 g/mol. The fraction of sp³-hybridized carbons (Fsp3) is 0. The Hall–Kier alpha value is -1.66. The summed E-state index contributed by atoms with van der Waals surface area (Å²) in [5.41, 5.74) is 9.15. The third-order valence-electron chi connectivity index (χ3n) is 1.24. The summed E-state index contributed by atoms with van der Waals surface area (Å²) < 4.78 is 0. The maximum absolute atomic E-state index is 8.06. The zero-order valence-electron chi connectivity index (χ0n) is 6.01. The molecule has 0 unspecified atom stereocenters. The van der Waals surface area contributed by atoms with E-state index in [1.165, 1.54) is 6.21 Å². The highest BCUT2D eigenvalue weighted by Crippen LogP contribution is 1.99. The summed E-state index contributed by atoms with van der Waals surface area (Å²) in [7, 11) is 0. The van der Waals surface area contributed by atoms with E-state index in [4.69, 9.17) is 5.53 Å². The Morgan fingerprint density at radius 3 is 2.55 bits per heavy atom. The van der Waals surface area contributed by atoms with Gasteiger partial charge in [-0.2, -0.15) is 4.79 Å². The van der Waals surface area contributed by atoms with Crippen LogP contribution in [0.15, 0.2) is 36.4 Å². The first-order valence-electron chi connectivity index (χ1n) is 3.32. The molecule has 0 spiro atoms. The Labute approximate surface area is 65.4 Å². The normalized spacial score (nSPS) is 9.45. The van der Waals surface area contributed by atoms with Crippen molar-refractivity contribution in [2.45, 2.75) is 0 Å². The molecule has 0 aliphatic carbocycles. The van der Waals surface area contributed by atoms with Crippen LogP contribution in [0.4, 0.5) is 0 Å². The second kappa shape index (κ2) is 4.20. The van der Waals surface area contributed by atoms with Gasteiger partial charge in [-0.15, -0.1) is 0 Å². The van der Waals surface area contributed by atoms with Crippen molar-refractivity contribution in [1.29, 1.82) is 0 Å². The Bertz CT molecular complexity index is 282. The predicted octanol–water partition coefficient (Wildman–Crippen LogP) is 2.00. The molecule has 54 valence electrons. The minimum Gasteiger partial charge on any atom is -0.362 e. The molecule has 0 N–H and O–H groups in total. The van der Waals surface area contributed by atoms with Gasteiger partial charge in [0.25, 0.3) is 6.21 Å². The third-order valence-corrected chi connectivity index (χ3v) is 1.24. The lowest BCUT2D eigenvalue weighted by Crippen LogP contribution is -1.69. The van der Waals surface area contributed by atoms with Gasteiger partial charge in [0, 0.05) is 6.08 Å². The van der Waals surface area contributed by atoms with Crippen LogP contribution in [-0.4, -0.2) is 11.0 Å². The first kappa shape index (κ1) is 7.45. The van der Waals surface area contributed by atoms with E-state index in [0.29, 0.717) is 0 Å². The molecule has 0 radical (unpaired) electrons. The molecule has 0 aromatic heterocycles. The summed E-state index contributed by atoms with van der Waals surface area (Å²) in [6.45, 7) is 0. The van der Waals surface area contributed by atoms with Crippen LogP contribution in [0.3, 0.4) is 0 Å². The van der Waals surface area contributed by atoms with Crippen LogP contribution in [0.25, 0.3) is 11.6 Å². The molecule has 1 aromatic carbocycles. The van der Waals surface area contributed by atoms with Gasteiger partial charge in [0.2, 0.25) is 0 Å². The van der Waals surface area contributed by atoms with Crippen LogP contribution in [0.2, 0.25) is 0 Å². The van der Waals surface area contributed by atoms with Gasteiger partial charge in [-0.05, 0) is 11.6 Å². The lowest BCUT2D eigenvalue weighted by atomic mass is 10.2. The first-order valence-corrected chi connectivity index (χ1v) is 3.32. The van der Waals surface area contributed by atoms with Crippen LogP contribution in [0.1, 0.15) is 5.56 Å². The van der Waals surface area contributed by atoms with Crippen molar-refractivity contribution in [3.05, 3.63) is 47.5 Å². The zero-order valence-corrected chi connectivity index (χ0v) is 6.01. The fourth-order valence-electron chi connectivity index (χ4n) is 0.757. The number of benzene rings is 1. The van der Waals surface area contributed by atoms with Gasteiger partial charge in [-0.1, -0.05) is 30.3 Å². The zero-order chi connectivity index (χ0) is 7.94. The molecule has 0 saturated heterocycles. The molecular weight excluding hydrogens is 136 g/mol. The van der Waals surface area contributed by atoms with Crippen molar-refractivity contribution in [3.8, 4) is 0 Å². The van der Waals surface area contributed by atoms with Crippen molar-refractivity contribution in [2.75, 3.05) is 0 Å². The highest BCUT2D eigenvalue weighted by molar-refractivity contribution is 5.74. The molecule has 0 amide bonds. The molecule has 0 aliphatic rings. The van der Waals surface area contributed by atoms with E-state index in [0.717, 1.165) is 5.56 Å². The van der Waals surface area contributed by atoms with E-state index in [-0.39, 0.29) is 0 Å². The molecule has 2 nitrogen and oxygen atoms in total. The lowest BCUT2D eigenvalue weighted by molar-refractivity contribution is 0.00520. The van der Waals surface area contributed by atoms with E-state index in [2.05, 4.69) is 4.79 Å². The van der Waals surface area contributed by atoms with Gasteiger partial charge < -0.3 is 5.53 Å². The minimum absolute atomic E-state index is 1.09. The van der Waals surface area contributed by atoms with Crippen molar-refractivity contribution < 1.29 is 4.79 Å². The number of hydrogen-bond acceptors (Lipinski definition) is 0. The van der Waals surface area contributed by atoms with Crippen LogP contribution in [0, 0.1) is 0 Å². The van der Waals surface area contributed by atoms with E-state index in [1.807, 2.05) is 36.4 Å². The van der Waals surface area contributed by atoms with E-state index in [1.54, 1.807) is 6.08 Å². The maximum Gasteiger partial charge on any atom is 0.280 e. The average Bonchev–Trinajstić information content (AvgIpc) is 2.07. The Balaban J connectivity index is 2.72. The summed E-state index contributed by atoms with van der Waals surface area (Å²) in [4.78, 5) is 2.84. The summed E-state index contributed by atoms with van der Waals surface area (Å²) >= 11 is 0. The molecule has 0 heterocycles. The standard InChI is InChI=1S/C9H8N2/c10-11-8-4-7-9-5-2-1-3-6-9/h1-8H/b7-4+. The molecule has 0 bridgehead atoms. The molecule has 0 aliphatic heterocycles. The predicted molar refractivity (Wildman–Crippen MR) is 45.2 cm³/mol. The van der Waals surface area contributed by atoms with Gasteiger partial charge in [0.05, 0.1) is 0 Å². The van der Waals surface area contributed by atoms with Crippen molar-refractivity contribution in [2.24, 2.45) is 0 Å². The maximum atomic E-state index is 8.06. The van der Waals surface area contributed by atoms with E-state index in [9.17, 15) is 0 Å². The van der Waals surface area contributed by atoms with Crippen LogP contribution < -0.4 is 0 Å². The van der Waals surface area contributed by atoms with Crippen LogP contribution in [0.5, 0.6) is 0 Å². The molecule has 2 heteroatoms. The number of hydrogen-bond donors (Lipinski definition) is 0. The Morgan fingerprint density at radius 2 is 1.91 bits per heavy atom. The molecule has 11 heavy (non-hydrogen) atoms. The molecule has 0 atom stereocenters.